The Labute approximate surface area is 203 Å². The molecule has 0 saturated carbocycles. The molecule has 0 unspecified atom stereocenters. The number of likely N-dealkylation sites (tertiary alicyclic amines) is 1. The van der Waals surface area contributed by atoms with Gasteiger partial charge in [-0.15, -0.1) is 24.0 Å². The number of carbonyl (C=O) groups excluding carboxylic acids is 1. The van der Waals surface area contributed by atoms with Gasteiger partial charge in [0.15, 0.2) is 17.5 Å². The summed E-state index contributed by atoms with van der Waals surface area (Å²) in [5.41, 5.74) is 0.996. The van der Waals surface area contributed by atoms with Crippen LogP contribution in [0.1, 0.15) is 39.2 Å². The van der Waals surface area contributed by atoms with Gasteiger partial charge in [-0.05, 0) is 37.5 Å². The second-order valence-electron chi connectivity index (χ2n) is 7.98. The molecule has 0 spiro atoms. The Hall–Kier alpha value is -1.91. The number of rotatable bonds is 7. The quantitative estimate of drug-likeness (QED) is 0.309. The summed E-state index contributed by atoms with van der Waals surface area (Å²) in [4.78, 5) is 18.0. The van der Waals surface area contributed by atoms with E-state index in [4.69, 9.17) is 14.2 Å². The smallest absolute Gasteiger partial charge is 0.409 e. The van der Waals surface area contributed by atoms with Crippen molar-refractivity contribution < 1.29 is 19.0 Å². The zero-order chi connectivity index (χ0) is 22.1. The summed E-state index contributed by atoms with van der Waals surface area (Å²) in [5, 5.41) is 6.91. The average Bonchev–Trinajstić information content (AvgIpc) is 2.76. The summed E-state index contributed by atoms with van der Waals surface area (Å²) in [6.07, 6.45) is 1.49. The van der Waals surface area contributed by atoms with Gasteiger partial charge in [0.05, 0.1) is 20.8 Å². The third-order valence-corrected chi connectivity index (χ3v) is 5.45. The monoisotopic (exact) mass is 548 g/mol. The van der Waals surface area contributed by atoms with E-state index in [0.29, 0.717) is 26.2 Å². The number of ether oxygens (including phenoxy) is 3. The number of piperidine rings is 1. The van der Waals surface area contributed by atoms with E-state index in [2.05, 4.69) is 35.5 Å². The fraction of sp³-hybridized carbons (Fsp3) is 0.636. The van der Waals surface area contributed by atoms with Crippen molar-refractivity contribution >= 4 is 36.0 Å². The van der Waals surface area contributed by atoms with Crippen molar-refractivity contribution in [1.29, 1.82) is 0 Å². The van der Waals surface area contributed by atoms with Gasteiger partial charge in [-0.1, -0.05) is 19.9 Å². The van der Waals surface area contributed by atoms with Crippen molar-refractivity contribution in [3.05, 3.63) is 23.8 Å². The number of aliphatic imine (C=N–C) groups is 1. The van der Waals surface area contributed by atoms with Crippen LogP contribution in [-0.2, 0) is 10.2 Å². The third-order valence-electron chi connectivity index (χ3n) is 5.45. The topological polar surface area (TPSA) is 84.4 Å². The predicted molar refractivity (Wildman–Crippen MR) is 134 cm³/mol. The lowest BCUT2D eigenvalue weighted by atomic mass is 9.84. The van der Waals surface area contributed by atoms with Gasteiger partial charge in [-0.2, -0.15) is 0 Å². The number of hydrogen-bond acceptors (Lipinski definition) is 5. The lowest BCUT2D eigenvalue weighted by molar-refractivity contribution is 0.0963. The lowest BCUT2D eigenvalue weighted by Gasteiger charge is -2.33. The maximum absolute atomic E-state index is 11.8. The summed E-state index contributed by atoms with van der Waals surface area (Å²) in [5.74, 6) is 2.20. The number of amides is 1. The molecule has 0 aliphatic carbocycles. The normalized spacial score (nSPS) is 15.0. The van der Waals surface area contributed by atoms with E-state index in [9.17, 15) is 4.79 Å². The van der Waals surface area contributed by atoms with E-state index in [1.165, 1.54) is 0 Å². The Bertz CT molecular complexity index is 734. The summed E-state index contributed by atoms with van der Waals surface area (Å²) in [6, 6.07) is 6.28. The number of nitrogens with zero attached hydrogens (tertiary/aromatic N) is 2. The molecule has 1 aliphatic rings. The number of carbonyl (C=O) groups is 1. The molecule has 8 nitrogen and oxygen atoms in total. The molecule has 1 aliphatic heterocycles. The molecule has 0 radical (unpaired) electrons. The maximum Gasteiger partial charge on any atom is 0.409 e. The van der Waals surface area contributed by atoms with E-state index in [1.54, 1.807) is 26.2 Å². The van der Waals surface area contributed by atoms with Crippen LogP contribution < -0.4 is 20.1 Å². The second kappa shape index (κ2) is 12.8. The first-order valence-corrected chi connectivity index (χ1v) is 10.5. The Balaban J connectivity index is 0.00000480. The molecule has 1 aromatic carbocycles. The highest BCUT2D eigenvalue weighted by atomic mass is 127. The van der Waals surface area contributed by atoms with Crippen molar-refractivity contribution in [2.24, 2.45) is 4.99 Å². The molecular formula is C22H37IN4O4. The minimum Gasteiger partial charge on any atom is -0.493 e. The number of benzene rings is 1. The van der Waals surface area contributed by atoms with Gasteiger partial charge in [0.2, 0.25) is 0 Å². The molecule has 0 aromatic heterocycles. The lowest BCUT2D eigenvalue weighted by Crippen LogP contribution is -2.51. The van der Waals surface area contributed by atoms with Gasteiger partial charge in [0.25, 0.3) is 0 Å². The van der Waals surface area contributed by atoms with Crippen LogP contribution in [0.4, 0.5) is 4.79 Å². The van der Waals surface area contributed by atoms with E-state index in [0.717, 1.165) is 35.9 Å². The summed E-state index contributed by atoms with van der Waals surface area (Å²) < 4.78 is 15.9. The summed E-state index contributed by atoms with van der Waals surface area (Å²) in [7, 11) is 5.05. The zero-order valence-electron chi connectivity index (χ0n) is 19.5. The minimum atomic E-state index is -0.227. The molecule has 2 rings (SSSR count). The SMILES string of the molecule is CCOC(=O)N1CCC(NC(=NC)NCC(C)(C)c2ccc(OC)c(OC)c2)CC1.I. The van der Waals surface area contributed by atoms with E-state index < -0.39 is 0 Å². The van der Waals surface area contributed by atoms with Crippen molar-refractivity contribution in [2.75, 3.05) is 47.5 Å². The largest absolute Gasteiger partial charge is 0.493 e. The van der Waals surface area contributed by atoms with Gasteiger partial charge in [0, 0.05) is 38.1 Å². The molecule has 0 atom stereocenters. The first-order chi connectivity index (χ1) is 14.3. The van der Waals surface area contributed by atoms with Crippen LogP contribution in [0.25, 0.3) is 0 Å². The molecule has 1 amide bonds. The maximum atomic E-state index is 11.8. The summed E-state index contributed by atoms with van der Waals surface area (Å²) in [6.45, 7) is 8.65. The number of methoxy groups -OCH3 is 2. The van der Waals surface area contributed by atoms with Gasteiger partial charge in [-0.3, -0.25) is 4.99 Å². The van der Waals surface area contributed by atoms with Gasteiger partial charge < -0.3 is 29.7 Å². The van der Waals surface area contributed by atoms with Crippen molar-refractivity contribution in [3.8, 4) is 11.5 Å². The molecule has 1 saturated heterocycles. The third kappa shape index (κ3) is 7.62. The van der Waals surface area contributed by atoms with Crippen LogP contribution in [-0.4, -0.2) is 70.5 Å². The molecule has 9 heteroatoms. The number of guanidine groups is 1. The standard InChI is InChI=1S/C22H36N4O4.HI/c1-7-30-21(27)26-12-10-17(11-13-26)25-20(23-4)24-15-22(2,3)16-8-9-18(28-5)19(14-16)29-6;/h8-9,14,17H,7,10-13,15H2,1-6H3,(H2,23,24,25);1H. The van der Waals surface area contributed by atoms with Gasteiger partial charge in [0.1, 0.15) is 0 Å². The van der Waals surface area contributed by atoms with Crippen LogP contribution in [0.15, 0.2) is 23.2 Å². The highest BCUT2D eigenvalue weighted by Crippen LogP contribution is 2.32. The van der Waals surface area contributed by atoms with Crippen molar-refractivity contribution in [3.63, 3.8) is 0 Å². The van der Waals surface area contributed by atoms with E-state index in [-0.39, 0.29) is 41.5 Å². The second-order valence-corrected chi connectivity index (χ2v) is 7.98. The fourth-order valence-corrected chi connectivity index (χ4v) is 3.47. The number of halogens is 1. The molecule has 176 valence electrons. The first-order valence-electron chi connectivity index (χ1n) is 10.5. The minimum absolute atomic E-state index is 0. The van der Waals surface area contributed by atoms with Crippen LogP contribution in [0.2, 0.25) is 0 Å². The van der Waals surface area contributed by atoms with Crippen LogP contribution in [0.5, 0.6) is 11.5 Å². The molecule has 0 bridgehead atoms. The van der Waals surface area contributed by atoms with Crippen LogP contribution in [0, 0.1) is 0 Å². The molecule has 1 aromatic rings. The van der Waals surface area contributed by atoms with Gasteiger partial charge in [-0.25, -0.2) is 4.79 Å². The van der Waals surface area contributed by atoms with Crippen LogP contribution >= 0.6 is 24.0 Å². The average molecular weight is 548 g/mol. The van der Waals surface area contributed by atoms with E-state index in [1.807, 2.05) is 19.1 Å². The molecule has 31 heavy (non-hydrogen) atoms. The first kappa shape index (κ1) is 27.1. The highest BCUT2D eigenvalue weighted by Gasteiger charge is 2.26. The zero-order valence-corrected chi connectivity index (χ0v) is 21.8. The molecule has 1 heterocycles. The molecule has 1 fully saturated rings. The van der Waals surface area contributed by atoms with Crippen LogP contribution in [0.3, 0.4) is 0 Å². The highest BCUT2D eigenvalue weighted by molar-refractivity contribution is 14.0. The fourth-order valence-electron chi connectivity index (χ4n) is 3.47. The Morgan fingerprint density at radius 3 is 2.39 bits per heavy atom. The Morgan fingerprint density at radius 1 is 1.19 bits per heavy atom. The number of hydrogen-bond donors (Lipinski definition) is 2. The Kier molecular flexibility index (Phi) is 11.2. The van der Waals surface area contributed by atoms with Crippen molar-refractivity contribution in [2.45, 2.75) is 45.1 Å². The number of nitrogens with one attached hydrogen (secondary N) is 2. The predicted octanol–water partition coefficient (Wildman–Crippen LogP) is 3.39. The molecule has 2 N–H and O–H groups in total. The van der Waals surface area contributed by atoms with E-state index >= 15 is 0 Å². The van der Waals surface area contributed by atoms with Crippen molar-refractivity contribution in [1.82, 2.24) is 15.5 Å². The summed E-state index contributed by atoms with van der Waals surface area (Å²) >= 11 is 0. The van der Waals surface area contributed by atoms with Gasteiger partial charge >= 0.3 is 6.09 Å². The Morgan fingerprint density at radius 2 is 1.84 bits per heavy atom. The molecular weight excluding hydrogens is 511 g/mol.